The van der Waals surface area contributed by atoms with Crippen molar-refractivity contribution in [3.8, 4) is 0 Å². The third-order valence-electron chi connectivity index (χ3n) is 2.49. The fourth-order valence-corrected chi connectivity index (χ4v) is 2.06. The van der Waals surface area contributed by atoms with Gasteiger partial charge in [-0.3, -0.25) is 4.79 Å². The number of Topliss-reactive ketones (excluding diaryl/α,β-unsaturated/α-hetero) is 1. The molecule has 0 amide bonds. The van der Waals surface area contributed by atoms with Crippen molar-refractivity contribution >= 4 is 21.7 Å². The Bertz CT molecular complexity index is 384. The minimum Gasteiger partial charge on any atom is -0.307 e. The zero-order valence-corrected chi connectivity index (χ0v) is 10.4. The average molecular weight is 286 g/mol. The summed E-state index contributed by atoms with van der Waals surface area (Å²) < 4.78 is 13.7. The molecule has 1 aromatic carbocycles. The molecule has 0 atom stereocenters. The fraction of sp³-hybridized carbons (Fsp3) is 0.417. The summed E-state index contributed by atoms with van der Waals surface area (Å²) in [6.07, 6.45) is 2.62. The predicted octanol–water partition coefficient (Wildman–Crippen LogP) is 2.45. The van der Waals surface area contributed by atoms with Crippen LogP contribution in [0.3, 0.4) is 0 Å². The van der Waals surface area contributed by atoms with E-state index < -0.39 is 0 Å². The predicted molar refractivity (Wildman–Crippen MR) is 63.8 cm³/mol. The van der Waals surface area contributed by atoms with Crippen LogP contribution in [0.25, 0.3) is 0 Å². The molecule has 0 spiro atoms. The molecule has 4 heteroatoms. The second-order valence-corrected chi connectivity index (χ2v) is 5.06. The van der Waals surface area contributed by atoms with Gasteiger partial charge < -0.3 is 5.32 Å². The lowest BCUT2D eigenvalue weighted by atomic mass is 10.1. The summed E-state index contributed by atoms with van der Waals surface area (Å²) in [7, 11) is 0. The van der Waals surface area contributed by atoms with Crippen molar-refractivity contribution in [3.05, 3.63) is 34.1 Å². The van der Waals surface area contributed by atoms with Gasteiger partial charge in [0.15, 0.2) is 5.78 Å². The fourth-order valence-electron chi connectivity index (χ4n) is 1.55. The van der Waals surface area contributed by atoms with Gasteiger partial charge in [-0.15, -0.1) is 0 Å². The first-order chi connectivity index (χ1) is 7.63. The number of halogens is 2. The molecule has 1 N–H and O–H groups in total. The van der Waals surface area contributed by atoms with Gasteiger partial charge in [-0.2, -0.15) is 0 Å². The van der Waals surface area contributed by atoms with E-state index in [0.717, 1.165) is 5.56 Å². The van der Waals surface area contributed by atoms with Gasteiger partial charge in [0, 0.05) is 16.9 Å². The molecular formula is C12H13BrFNO. The smallest absolute Gasteiger partial charge is 0.150 e. The monoisotopic (exact) mass is 285 g/mol. The molecule has 0 unspecified atom stereocenters. The summed E-state index contributed by atoms with van der Waals surface area (Å²) in [4.78, 5) is 11.6. The van der Waals surface area contributed by atoms with E-state index in [0.29, 0.717) is 17.1 Å². The molecule has 1 aromatic rings. The number of rotatable bonds is 5. The first-order valence-corrected chi connectivity index (χ1v) is 6.13. The van der Waals surface area contributed by atoms with Crippen LogP contribution in [-0.4, -0.2) is 18.4 Å². The molecule has 0 heterocycles. The SMILES string of the molecule is O=C(CNC1CC1)Cc1cc(F)cc(Br)c1. The van der Waals surface area contributed by atoms with Gasteiger partial charge in [-0.05, 0) is 36.6 Å². The molecule has 1 saturated carbocycles. The van der Waals surface area contributed by atoms with E-state index in [2.05, 4.69) is 21.2 Å². The molecule has 1 aliphatic rings. The van der Waals surface area contributed by atoms with E-state index in [1.165, 1.54) is 25.0 Å². The van der Waals surface area contributed by atoms with Gasteiger partial charge in [0.05, 0.1) is 6.54 Å². The van der Waals surface area contributed by atoms with Crippen LogP contribution in [0.2, 0.25) is 0 Å². The van der Waals surface area contributed by atoms with Crippen LogP contribution < -0.4 is 5.32 Å². The summed E-state index contributed by atoms with van der Waals surface area (Å²) in [5.41, 5.74) is 0.717. The highest BCUT2D eigenvalue weighted by Gasteiger charge is 2.21. The topological polar surface area (TPSA) is 29.1 Å². The zero-order chi connectivity index (χ0) is 11.5. The third-order valence-corrected chi connectivity index (χ3v) is 2.95. The maximum atomic E-state index is 13.0. The largest absolute Gasteiger partial charge is 0.307 e. The van der Waals surface area contributed by atoms with Crippen LogP contribution in [0.5, 0.6) is 0 Å². The molecule has 2 rings (SSSR count). The van der Waals surface area contributed by atoms with Crippen molar-refractivity contribution in [1.82, 2.24) is 5.32 Å². The number of carbonyl (C=O) groups is 1. The van der Waals surface area contributed by atoms with Crippen LogP contribution in [0, 0.1) is 5.82 Å². The van der Waals surface area contributed by atoms with Gasteiger partial charge in [-0.1, -0.05) is 15.9 Å². The van der Waals surface area contributed by atoms with Gasteiger partial charge in [0.2, 0.25) is 0 Å². The van der Waals surface area contributed by atoms with Crippen molar-refractivity contribution in [2.24, 2.45) is 0 Å². The van der Waals surface area contributed by atoms with E-state index in [1.807, 2.05) is 0 Å². The van der Waals surface area contributed by atoms with Crippen LogP contribution in [-0.2, 0) is 11.2 Å². The number of benzene rings is 1. The first-order valence-electron chi connectivity index (χ1n) is 5.33. The van der Waals surface area contributed by atoms with Crippen LogP contribution in [0.1, 0.15) is 18.4 Å². The standard InChI is InChI=1S/C12H13BrFNO/c13-9-3-8(4-10(14)6-9)5-12(16)7-15-11-1-2-11/h3-4,6,11,15H,1-2,5,7H2. The number of ketones is 1. The van der Waals surface area contributed by atoms with Gasteiger partial charge in [0.1, 0.15) is 5.82 Å². The highest BCUT2D eigenvalue weighted by Crippen LogP contribution is 2.18. The highest BCUT2D eigenvalue weighted by molar-refractivity contribution is 9.10. The molecule has 1 fully saturated rings. The van der Waals surface area contributed by atoms with Crippen molar-refractivity contribution < 1.29 is 9.18 Å². The Morgan fingerprint density at radius 2 is 2.19 bits per heavy atom. The minimum atomic E-state index is -0.313. The molecule has 1 aliphatic carbocycles. The Morgan fingerprint density at radius 1 is 1.44 bits per heavy atom. The van der Waals surface area contributed by atoms with Crippen LogP contribution in [0.4, 0.5) is 4.39 Å². The number of hydrogen-bond donors (Lipinski definition) is 1. The number of hydrogen-bond acceptors (Lipinski definition) is 2. The molecular weight excluding hydrogens is 273 g/mol. The van der Waals surface area contributed by atoms with E-state index in [9.17, 15) is 9.18 Å². The molecule has 0 radical (unpaired) electrons. The molecule has 0 aromatic heterocycles. The Morgan fingerprint density at radius 3 is 2.81 bits per heavy atom. The lowest BCUT2D eigenvalue weighted by Crippen LogP contribution is -2.25. The summed E-state index contributed by atoms with van der Waals surface area (Å²) in [6.45, 7) is 0.388. The van der Waals surface area contributed by atoms with Crippen molar-refractivity contribution in [3.63, 3.8) is 0 Å². The maximum Gasteiger partial charge on any atom is 0.150 e. The quantitative estimate of drug-likeness (QED) is 0.901. The Balaban J connectivity index is 1.88. The van der Waals surface area contributed by atoms with E-state index in [4.69, 9.17) is 0 Å². The summed E-state index contributed by atoms with van der Waals surface area (Å²) in [6, 6.07) is 5.09. The van der Waals surface area contributed by atoms with Crippen molar-refractivity contribution in [2.75, 3.05) is 6.54 Å². The molecule has 2 nitrogen and oxygen atoms in total. The molecule has 0 saturated heterocycles. The summed E-state index contributed by atoms with van der Waals surface area (Å²) in [5.74, 6) is -0.211. The second-order valence-electron chi connectivity index (χ2n) is 4.15. The molecule has 0 bridgehead atoms. The van der Waals surface area contributed by atoms with Gasteiger partial charge in [0.25, 0.3) is 0 Å². The lowest BCUT2D eigenvalue weighted by molar-refractivity contribution is -0.117. The normalized spacial score (nSPS) is 15.1. The van der Waals surface area contributed by atoms with Crippen molar-refractivity contribution in [2.45, 2.75) is 25.3 Å². The highest BCUT2D eigenvalue weighted by atomic mass is 79.9. The Labute approximate surface area is 102 Å². The van der Waals surface area contributed by atoms with Crippen molar-refractivity contribution in [1.29, 1.82) is 0 Å². The summed E-state index contributed by atoms with van der Waals surface area (Å²) >= 11 is 3.21. The van der Waals surface area contributed by atoms with Gasteiger partial charge in [-0.25, -0.2) is 4.39 Å². The zero-order valence-electron chi connectivity index (χ0n) is 8.80. The van der Waals surface area contributed by atoms with E-state index in [1.54, 1.807) is 6.07 Å². The van der Waals surface area contributed by atoms with E-state index >= 15 is 0 Å². The minimum absolute atomic E-state index is 0.101. The first kappa shape index (κ1) is 11.7. The second kappa shape index (κ2) is 5.06. The molecule has 86 valence electrons. The number of carbonyl (C=O) groups excluding carboxylic acids is 1. The van der Waals surface area contributed by atoms with Crippen LogP contribution in [0.15, 0.2) is 22.7 Å². The summed E-state index contributed by atoms with van der Waals surface area (Å²) in [5, 5.41) is 3.15. The number of nitrogens with one attached hydrogen (secondary N) is 1. The van der Waals surface area contributed by atoms with E-state index in [-0.39, 0.29) is 18.0 Å². The lowest BCUT2D eigenvalue weighted by Gasteiger charge is -2.03. The average Bonchev–Trinajstić information content (AvgIpc) is 2.96. The van der Waals surface area contributed by atoms with Crippen LogP contribution >= 0.6 is 15.9 Å². The Kier molecular flexibility index (Phi) is 3.71. The molecule has 16 heavy (non-hydrogen) atoms. The third kappa shape index (κ3) is 3.68. The molecule has 0 aliphatic heterocycles. The maximum absolute atomic E-state index is 13.0. The van der Waals surface area contributed by atoms with Gasteiger partial charge >= 0.3 is 0 Å². The Hall–Kier alpha value is -0.740.